The summed E-state index contributed by atoms with van der Waals surface area (Å²) in [6.07, 6.45) is -1.89. The highest BCUT2D eigenvalue weighted by Crippen LogP contribution is 2.65. The van der Waals surface area contributed by atoms with Gasteiger partial charge in [0.2, 0.25) is 5.60 Å². The van der Waals surface area contributed by atoms with E-state index in [9.17, 15) is 14.4 Å². The fourth-order valence-electron chi connectivity index (χ4n) is 3.47. The molecule has 33 heavy (non-hydrogen) atoms. The molecular formula is C19H24ClFN6O6. The number of carbonyl (C=O) groups excluding carboxylic acids is 3. The van der Waals surface area contributed by atoms with Gasteiger partial charge in [0.15, 0.2) is 29.9 Å². The predicted octanol–water partition coefficient (Wildman–Crippen LogP) is 1.08. The number of urea groups is 1. The van der Waals surface area contributed by atoms with Crippen molar-refractivity contribution in [3.8, 4) is 0 Å². The highest BCUT2D eigenvalue weighted by molar-refractivity contribution is 6.30. The van der Waals surface area contributed by atoms with Crippen LogP contribution in [0.15, 0.2) is 17.6 Å². The lowest BCUT2D eigenvalue weighted by molar-refractivity contribution is -0.170. The second kappa shape index (κ2) is 9.14. The molecule has 12 nitrogen and oxygen atoms in total. The van der Waals surface area contributed by atoms with Crippen LogP contribution >= 0.6 is 11.6 Å². The maximum atomic E-state index is 15.7. The number of alkyl halides is 2. The molecule has 2 heterocycles. The SMILES string of the molecule is CC(C)C(=O)OC1C2(CCl)OC(NC(=O)/N=C(\C=N)n3cncn3)C(F)C12OC(=O)C(C)C. The number of ether oxygens (including phenoxy) is 3. The maximum Gasteiger partial charge on any atom is 0.345 e. The number of aliphatic imine (C=N–C) groups is 1. The van der Waals surface area contributed by atoms with E-state index in [-0.39, 0.29) is 11.7 Å². The number of nitrogens with zero attached hydrogens (tertiary/aromatic N) is 4. The number of rotatable bonds is 7. The average Bonchev–Trinajstić information content (AvgIpc) is 3.11. The van der Waals surface area contributed by atoms with E-state index in [0.717, 1.165) is 10.9 Å². The van der Waals surface area contributed by atoms with Crippen LogP contribution in [0.1, 0.15) is 27.7 Å². The number of amides is 2. The Labute approximate surface area is 193 Å². The summed E-state index contributed by atoms with van der Waals surface area (Å²) in [5.74, 6) is -3.12. The van der Waals surface area contributed by atoms with Gasteiger partial charge in [-0.15, -0.1) is 11.6 Å². The van der Waals surface area contributed by atoms with Gasteiger partial charge in [-0.3, -0.25) is 9.59 Å². The number of nitrogens with one attached hydrogen (secondary N) is 2. The highest BCUT2D eigenvalue weighted by Gasteiger charge is 2.93. The molecule has 2 amide bonds. The zero-order valence-corrected chi connectivity index (χ0v) is 19.1. The minimum absolute atomic E-state index is 0.194. The monoisotopic (exact) mass is 486 g/mol. The van der Waals surface area contributed by atoms with E-state index in [0.29, 0.717) is 0 Å². The summed E-state index contributed by atoms with van der Waals surface area (Å²) in [5, 5.41) is 13.4. The minimum atomic E-state index is -2.13. The van der Waals surface area contributed by atoms with Gasteiger partial charge in [-0.25, -0.2) is 18.9 Å². The summed E-state index contributed by atoms with van der Waals surface area (Å²) in [6.45, 7) is 6.29. The minimum Gasteiger partial charge on any atom is -0.454 e. The van der Waals surface area contributed by atoms with Crippen LogP contribution in [0.25, 0.3) is 0 Å². The second-order valence-corrected chi connectivity index (χ2v) is 8.48. The second-order valence-electron chi connectivity index (χ2n) is 8.21. The van der Waals surface area contributed by atoms with Crippen LogP contribution in [0.3, 0.4) is 0 Å². The zero-order chi connectivity index (χ0) is 24.6. The zero-order valence-electron chi connectivity index (χ0n) is 18.3. The fraction of sp³-hybridized carbons (Fsp3) is 0.632. The van der Waals surface area contributed by atoms with E-state index in [4.69, 9.17) is 31.2 Å². The Morgan fingerprint density at radius 2 is 2.00 bits per heavy atom. The molecule has 180 valence electrons. The maximum absolute atomic E-state index is 15.7. The summed E-state index contributed by atoms with van der Waals surface area (Å²) < 4.78 is 33.3. The molecular weight excluding hydrogens is 463 g/mol. The first-order valence-electron chi connectivity index (χ1n) is 10.1. The molecule has 0 radical (unpaired) electrons. The van der Waals surface area contributed by atoms with Gasteiger partial charge in [0.05, 0.1) is 23.9 Å². The Morgan fingerprint density at radius 1 is 1.33 bits per heavy atom. The van der Waals surface area contributed by atoms with E-state index in [1.165, 1.54) is 12.7 Å². The van der Waals surface area contributed by atoms with Crippen molar-refractivity contribution in [3.05, 3.63) is 12.7 Å². The molecule has 1 saturated heterocycles. The number of fused-ring (bicyclic) bond motifs is 1. The van der Waals surface area contributed by atoms with Gasteiger partial charge < -0.3 is 24.9 Å². The van der Waals surface area contributed by atoms with E-state index >= 15 is 4.39 Å². The van der Waals surface area contributed by atoms with Gasteiger partial charge in [-0.1, -0.05) is 27.7 Å². The van der Waals surface area contributed by atoms with E-state index in [1.807, 2.05) is 0 Å². The molecule has 1 aromatic heterocycles. The van der Waals surface area contributed by atoms with Gasteiger partial charge >= 0.3 is 18.0 Å². The summed E-state index contributed by atoms with van der Waals surface area (Å²) in [6, 6.07) is -1.05. The van der Waals surface area contributed by atoms with Crippen molar-refractivity contribution in [1.82, 2.24) is 20.1 Å². The molecule has 14 heteroatoms. The first-order valence-corrected chi connectivity index (χ1v) is 10.6. The van der Waals surface area contributed by atoms with Crippen molar-refractivity contribution in [2.24, 2.45) is 16.8 Å². The molecule has 1 aliphatic carbocycles. The first-order chi connectivity index (χ1) is 15.5. The molecule has 3 rings (SSSR count). The van der Waals surface area contributed by atoms with E-state index < -0.39 is 59.5 Å². The van der Waals surface area contributed by atoms with Crippen molar-refractivity contribution >= 4 is 41.6 Å². The fourth-order valence-corrected chi connectivity index (χ4v) is 3.88. The smallest absolute Gasteiger partial charge is 0.345 e. The molecule has 5 atom stereocenters. The van der Waals surface area contributed by atoms with Crippen molar-refractivity contribution in [1.29, 1.82) is 5.41 Å². The van der Waals surface area contributed by atoms with Gasteiger partial charge in [-0.2, -0.15) is 10.1 Å². The number of carbonyl (C=O) groups is 3. The van der Waals surface area contributed by atoms with Crippen LogP contribution in [0, 0.1) is 17.2 Å². The van der Waals surface area contributed by atoms with Crippen LogP contribution < -0.4 is 5.32 Å². The third kappa shape index (κ3) is 4.10. The summed E-state index contributed by atoms with van der Waals surface area (Å²) in [5.41, 5.74) is -3.72. The molecule has 1 aromatic rings. The van der Waals surface area contributed by atoms with Gasteiger partial charge in [0.25, 0.3) is 0 Å². The van der Waals surface area contributed by atoms with Crippen LogP contribution in [-0.4, -0.2) is 80.4 Å². The highest BCUT2D eigenvalue weighted by atomic mass is 35.5. The van der Waals surface area contributed by atoms with Crippen LogP contribution in [-0.2, 0) is 23.8 Å². The molecule has 0 aromatic carbocycles. The lowest BCUT2D eigenvalue weighted by Crippen LogP contribution is -2.48. The molecule has 5 unspecified atom stereocenters. The number of halogens is 2. The first kappa shape index (κ1) is 24.7. The number of hydrogen-bond donors (Lipinski definition) is 2. The van der Waals surface area contributed by atoms with Gasteiger partial charge in [-0.05, 0) is 0 Å². The van der Waals surface area contributed by atoms with Crippen molar-refractivity contribution in [3.63, 3.8) is 0 Å². The van der Waals surface area contributed by atoms with Crippen molar-refractivity contribution in [2.45, 2.75) is 57.4 Å². The van der Waals surface area contributed by atoms with Crippen LogP contribution in [0.2, 0.25) is 0 Å². The lowest BCUT2D eigenvalue weighted by atomic mass is 10.1. The molecule has 2 fully saturated rings. The van der Waals surface area contributed by atoms with Gasteiger partial charge in [0.1, 0.15) is 12.7 Å². The summed E-state index contributed by atoms with van der Waals surface area (Å²) in [7, 11) is 0. The third-order valence-electron chi connectivity index (χ3n) is 5.31. The Morgan fingerprint density at radius 3 is 2.52 bits per heavy atom. The molecule has 1 aliphatic heterocycles. The Hall–Kier alpha value is -2.93. The van der Waals surface area contributed by atoms with Gasteiger partial charge in [0, 0.05) is 0 Å². The standard InChI is InChI=1S/C19H24ClFN6O6/c1-9(2)14(28)31-16-18(6-20)19(16,33-15(29)10(3)4)12(21)13(32-18)26-17(30)25-11(5-22)27-8-23-7-24-27/h5,7-10,12-13,16,22H,6H2,1-4H3,(H,26,30)/b22-5?,25-11+. The van der Waals surface area contributed by atoms with Crippen LogP contribution in [0.5, 0.6) is 0 Å². The Balaban J connectivity index is 1.85. The lowest BCUT2D eigenvalue weighted by Gasteiger charge is -2.24. The molecule has 2 aliphatic rings. The quantitative estimate of drug-likeness (QED) is 0.251. The van der Waals surface area contributed by atoms with E-state index in [1.54, 1.807) is 27.7 Å². The molecule has 1 saturated carbocycles. The summed E-state index contributed by atoms with van der Waals surface area (Å²) >= 11 is 6.08. The number of aromatic nitrogens is 3. The number of hydrogen-bond acceptors (Lipinski definition) is 9. The number of esters is 2. The average molecular weight is 487 g/mol. The Bertz CT molecular complexity index is 972. The predicted molar refractivity (Wildman–Crippen MR) is 112 cm³/mol. The van der Waals surface area contributed by atoms with Crippen LogP contribution in [0.4, 0.5) is 9.18 Å². The normalized spacial score (nSPS) is 30.7. The van der Waals surface area contributed by atoms with Crippen molar-refractivity contribution < 1.29 is 33.0 Å². The van der Waals surface area contributed by atoms with Crippen molar-refractivity contribution in [2.75, 3.05) is 5.88 Å². The summed E-state index contributed by atoms with van der Waals surface area (Å²) in [4.78, 5) is 44.2. The Kier molecular flexibility index (Phi) is 6.84. The third-order valence-corrected chi connectivity index (χ3v) is 5.71. The molecule has 2 N–H and O–H groups in total. The molecule has 0 bridgehead atoms. The molecule has 0 spiro atoms. The van der Waals surface area contributed by atoms with E-state index in [2.05, 4.69) is 20.4 Å². The topological polar surface area (TPSA) is 158 Å². The largest absolute Gasteiger partial charge is 0.454 e.